The van der Waals surface area contributed by atoms with Crippen LogP contribution in [0.2, 0.25) is 0 Å². The number of benzene rings is 1. The average Bonchev–Trinajstić information content (AvgIpc) is 3.42. The predicted molar refractivity (Wildman–Crippen MR) is 119 cm³/mol. The molecule has 0 aliphatic rings. The van der Waals surface area contributed by atoms with E-state index in [9.17, 15) is 9.59 Å². The second-order valence-electron chi connectivity index (χ2n) is 6.83. The van der Waals surface area contributed by atoms with Gasteiger partial charge in [0.15, 0.2) is 5.82 Å². The quantitative estimate of drug-likeness (QED) is 0.290. The van der Waals surface area contributed by atoms with Gasteiger partial charge in [0.2, 0.25) is 17.6 Å². The third kappa shape index (κ3) is 5.07. The zero-order chi connectivity index (χ0) is 21.6. The first-order chi connectivity index (χ1) is 15.1. The average molecular weight is 440 g/mol. The zero-order valence-electron chi connectivity index (χ0n) is 16.6. The Balaban J connectivity index is 1.18. The molecule has 0 unspecified atom stereocenters. The van der Waals surface area contributed by atoms with E-state index >= 15 is 0 Å². The molecule has 1 amide bonds. The summed E-state index contributed by atoms with van der Waals surface area (Å²) >= 11 is 1.41. The Bertz CT molecular complexity index is 1250. The van der Waals surface area contributed by atoms with Crippen molar-refractivity contribution in [3.63, 3.8) is 0 Å². The smallest absolute Gasteiger partial charge is 0.272 e. The molecule has 5 N–H and O–H groups in total. The number of anilines is 2. The molecule has 4 aromatic rings. The predicted octanol–water partition coefficient (Wildman–Crippen LogP) is 2.17. The first kappa shape index (κ1) is 20.5. The molecule has 4 rings (SSSR count). The molecule has 0 bridgehead atoms. The molecular weight excluding hydrogens is 418 g/mol. The Morgan fingerprint density at radius 3 is 2.87 bits per heavy atom. The fourth-order valence-corrected chi connectivity index (χ4v) is 3.66. The van der Waals surface area contributed by atoms with Crippen molar-refractivity contribution in [2.75, 3.05) is 24.1 Å². The largest absolute Gasteiger partial charge is 0.391 e. The molecule has 10 nitrogen and oxygen atoms in total. The van der Waals surface area contributed by atoms with Crippen LogP contribution in [0, 0.1) is 0 Å². The lowest BCUT2D eigenvalue weighted by atomic mass is 10.2. The molecule has 31 heavy (non-hydrogen) atoms. The fourth-order valence-electron chi connectivity index (χ4n) is 3.03. The Morgan fingerprint density at radius 1 is 1.23 bits per heavy atom. The molecule has 3 heterocycles. The Hall–Kier alpha value is -3.73. The summed E-state index contributed by atoms with van der Waals surface area (Å²) in [5, 5.41) is 20.4. The zero-order valence-corrected chi connectivity index (χ0v) is 17.4. The minimum atomic E-state index is -0.221. The molecule has 0 fully saturated rings. The van der Waals surface area contributed by atoms with Gasteiger partial charge in [0, 0.05) is 42.3 Å². The minimum absolute atomic E-state index is 0.0906. The summed E-state index contributed by atoms with van der Waals surface area (Å²) < 4.78 is 5.19. The first-order valence-electron chi connectivity index (χ1n) is 9.75. The van der Waals surface area contributed by atoms with Crippen molar-refractivity contribution in [3.8, 4) is 11.4 Å². The van der Waals surface area contributed by atoms with E-state index in [4.69, 9.17) is 10.3 Å². The van der Waals surface area contributed by atoms with Crippen LogP contribution in [0.5, 0.6) is 0 Å². The lowest BCUT2D eigenvalue weighted by molar-refractivity contribution is -0.121. The number of nitrogens with two attached hydrogens (primary N) is 1. The molecule has 0 spiro atoms. The van der Waals surface area contributed by atoms with Crippen LogP contribution in [-0.4, -0.2) is 39.3 Å². The van der Waals surface area contributed by atoms with E-state index in [1.807, 2.05) is 23.6 Å². The molecule has 0 saturated carbocycles. The Labute approximate surface area is 180 Å². The lowest BCUT2D eigenvalue weighted by Gasteiger charge is -2.08. The number of nitrogens with one attached hydrogen (secondary N) is 3. The van der Waals surface area contributed by atoms with E-state index < -0.39 is 0 Å². The molecule has 0 radical (unpaired) electrons. The van der Waals surface area contributed by atoms with Crippen LogP contribution < -0.4 is 21.9 Å². The molecule has 3 aromatic heterocycles. The normalized spacial score (nSPS) is 11.0. The fraction of sp³-hybridized carbons (Fsp3) is 0.250. The maximum atomic E-state index is 12.1. The van der Waals surface area contributed by atoms with E-state index in [-0.39, 0.29) is 17.9 Å². The van der Waals surface area contributed by atoms with Crippen LogP contribution in [-0.2, 0) is 11.2 Å². The van der Waals surface area contributed by atoms with Crippen LogP contribution in [0.1, 0.15) is 18.7 Å². The summed E-state index contributed by atoms with van der Waals surface area (Å²) in [5.41, 5.74) is 6.29. The summed E-state index contributed by atoms with van der Waals surface area (Å²) in [6.07, 6.45) is 1.32. The summed E-state index contributed by atoms with van der Waals surface area (Å²) in [5.74, 6) is 1.40. The van der Waals surface area contributed by atoms with Crippen molar-refractivity contribution in [1.29, 1.82) is 0 Å². The van der Waals surface area contributed by atoms with Gasteiger partial charge >= 0.3 is 0 Å². The SMILES string of the molecule is Nc1cc(-c2noc(CCC(=O)NCCCNc3n[nH]c(=O)c4ccccc34)n2)cs1. The van der Waals surface area contributed by atoms with Crippen molar-refractivity contribution in [1.82, 2.24) is 25.7 Å². The maximum Gasteiger partial charge on any atom is 0.272 e. The molecule has 0 aliphatic carbocycles. The Kier molecular flexibility index (Phi) is 6.22. The number of H-pyrrole nitrogens is 1. The monoisotopic (exact) mass is 439 g/mol. The van der Waals surface area contributed by atoms with Gasteiger partial charge in [-0.2, -0.15) is 10.1 Å². The van der Waals surface area contributed by atoms with Crippen molar-refractivity contribution in [2.24, 2.45) is 0 Å². The summed E-state index contributed by atoms with van der Waals surface area (Å²) in [7, 11) is 0. The summed E-state index contributed by atoms with van der Waals surface area (Å²) in [4.78, 5) is 28.2. The molecule has 1 aromatic carbocycles. The number of fused-ring (bicyclic) bond motifs is 1. The third-order valence-electron chi connectivity index (χ3n) is 4.58. The highest BCUT2D eigenvalue weighted by atomic mass is 32.1. The van der Waals surface area contributed by atoms with Gasteiger partial charge in [-0.1, -0.05) is 23.4 Å². The van der Waals surface area contributed by atoms with Gasteiger partial charge in [-0.05, 0) is 18.6 Å². The second-order valence-corrected chi connectivity index (χ2v) is 7.77. The highest BCUT2D eigenvalue weighted by Crippen LogP contribution is 2.24. The number of hydrogen-bond acceptors (Lipinski definition) is 9. The number of aromatic nitrogens is 4. The van der Waals surface area contributed by atoms with Crippen molar-refractivity contribution >= 4 is 38.8 Å². The van der Waals surface area contributed by atoms with E-state index in [0.717, 1.165) is 10.9 Å². The van der Waals surface area contributed by atoms with E-state index in [0.29, 0.717) is 53.9 Å². The van der Waals surface area contributed by atoms with Gasteiger partial charge < -0.3 is 20.9 Å². The third-order valence-corrected chi connectivity index (χ3v) is 5.34. The molecule has 0 atom stereocenters. The molecule has 160 valence electrons. The van der Waals surface area contributed by atoms with E-state index in [2.05, 4.69) is 31.0 Å². The number of thiophene rings is 1. The van der Waals surface area contributed by atoms with E-state index in [1.54, 1.807) is 12.1 Å². The van der Waals surface area contributed by atoms with Gasteiger partial charge in [-0.3, -0.25) is 9.59 Å². The number of aryl methyl sites for hydroxylation is 1. The second kappa shape index (κ2) is 9.39. The Morgan fingerprint density at radius 2 is 2.06 bits per heavy atom. The number of rotatable bonds is 9. The standard InChI is InChI=1S/C20H21N7O3S/c21-15-10-12(11-31-15)18-24-17(30-27-18)7-6-16(28)22-8-3-9-23-19-13-4-1-2-5-14(13)20(29)26-25-19/h1-2,4-5,10-11H,3,6-9,21H2,(H,22,28)(H,23,25)(H,26,29). The van der Waals surface area contributed by atoms with Gasteiger partial charge in [0.25, 0.3) is 5.56 Å². The van der Waals surface area contributed by atoms with Crippen LogP contribution in [0.4, 0.5) is 10.8 Å². The number of aromatic amines is 1. The number of nitrogens with zero attached hydrogens (tertiary/aromatic N) is 3. The van der Waals surface area contributed by atoms with Crippen LogP contribution in [0.25, 0.3) is 22.2 Å². The number of carbonyl (C=O) groups excluding carboxylic acids is 1. The first-order valence-corrected chi connectivity index (χ1v) is 10.6. The number of nitrogen functional groups attached to an aromatic ring is 1. The highest BCUT2D eigenvalue weighted by molar-refractivity contribution is 7.14. The van der Waals surface area contributed by atoms with Crippen molar-refractivity contribution in [2.45, 2.75) is 19.3 Å². The van der Waals surface area contributed by atoms with Gasteiger partial charge in [-0.15, -0.1) is 11.3 Å². The topological polar surface area (TPSA) is 152 Å². The van der Waals surface area contributed by atoms with Gasteiger partial charge in [-0.25, -0.2) is 5.10 Å². The summed E-state index contributed by atoms with van der Waals surface area (Å²) in [6.45, 7) is 1.11. The molecule has 0 aliphatic heterocycles. The number of carbonyl (C=O) groups is 1. The summed E-state index contributed by atoms with van der Waals surface area (Å²) in [6, 6.07) is 9.05. The minimum Gasteiger partial charge on any atom is -0.391 e. The highest BCUT2D eigenvalue weighted by Gasteiger charge is 2.12. The number of amides is 1. The van der Waals surface area contributed by atoms with Crippen LogP contribution in [0.3, 0.4) is 0 Å². The van der Waals surface area contributed by atoms with Gasteiger partial charge in [0.05, 0.1) is 10.4 Å². The maximum absolute atomic E-state index is 12.1. The molecule has 0 saturated heterocycles. The van der Waals surface area contributed by atoms with E-state index in [1.165, 1.54) is 11.3 Å². The van der Waals surface area contributed by atoms with Gasteiger partial charge in [0.1, 0.15) is 0 Å². The lowest BCUT2D eigenvalue weighted by Crippen LogP contribution is -2.26. The number of hydrogen-bond donors (Lipinski definition) is 4. The van der Waals surface area contributed by atoms with Crippen molar-refractivity contribution < 1.29 is 9.32 Å². The molecule has 11 heteroatoms. The van der Waals surface area contributed by atoms with Crippen molar-refractivity contribution in [3.05, 3.63) is 52.0 Å². The van der Waals surface area contributed by atoms with Crippen LogP contribution in [0.15, 0.2) is 45.0 Å². The molecular formula is C20H21N7O3S. The van der Waals surface area contributed by atoms with Crippen LogP contribution >= 0.6 is 11.3 Å².